The summed E-state index contributed by atoms with van der Waals surface area (Å²) in [6.07, 6.45) is 4.05. The third-order valence-corrected chi connectivity index (χ3v) is 3.59. The molecule has 0 saturated carbocycles. The van der Waals surface area contributed by atoms with Crippen LogP contribution in [0.1, 0.15) is 38.7 Å². The van der Waals surface area contributed by atoms with Crippen molar-refractivity contribution in [2.45, 2.75) is 51.9 Å². The van der Waals surface area contributed by atoms with E-state index in [9.17, 15) is 0 Å². The van der Waals surface area contributed by atoms with Crippen LogP contribution >= 0.6 is 0 Å². The molecule has 0 amide bonds. The number of hydrogen-bond donors (Lipinski definition) is 1. The lowest BCUT2D eigenvalue weighted by molar-refractivity contribution is 0.110. The quantitative estimate of drug-likeness (QED) is 0.820. The first-order valence-corrected chi connectivity index (χ1v) is 7.36. The molecule has 3 nitrogen and oxygen atoms in total. The molecule has 1 aliphatic rings. The summed E-state index contributed by atoms with van der Waals surface area (Å²) in [5, 5.41) is 3.47. The van der Waals surface area contributed by atoms with Crippen molar-refractivity contribution in [1.29, 1.82) is 0 Å². The predicted molar refractivity (Wildman–Crippen MR) is 77.5 cm³/mol. The summed E-state index contributed by atoms with van der Waals surface area (Å²) in [7, 11) is 0. The molecule has 2 atom stereocenters. The van der Waals surface area contributed by atoms with Gasteiger partial charge in [0.25, 0.3) is 0 Å². The van der Waals surface area contributed by atoms with Gasteiger partial charge in [-0.25, -0.2) is 0 Å². The summed E-state index contributed by atoms with van der Waals surface area (Å²) in [6, 6.07) is 8.27. The number of benzene rings is 1. The van der Waals surface area contributed by atoms with E-state index < -0.39 is 0 Å². The Morgan fingerprint density at radius 3 is 3.00 bits per heavy atom. The number of nitrogens with one attached hydrogen (secondary N) is 1. The zero-order chi connectivity index (χ0) is 13.5. The fraction of sp³-hybridized carbons (Fsp3) is 0.625. The average molecular weight is 263 g/mol. The van der Waals surface area contributed by atoms with Gasteiger partial charge in [-0.3, -0.25) is 0 Å². The summed E-state index contributed by atoms with van der Waals surface area (Å²) in [5.41, 5.74) is 1.22. The second-order valence-corrected chi connectivity index (χ2v) is 5.21. The highest BCUT2D eigenvalue weighted by atomic mass is 16.5. The van der Waals surface area contributed by atoms with Crippen molar-refractivity contribution in [3.05, 3.63) is 29.8 Å². The van der Waals surface area contributed by atoms with Crippen LogP contribution in [-0.2, 0) is 11.3 Å². The summed E-state index contributed by atoms with van der Waals surface area (Å²) in [6.45, 7) is 6.93. The minimum Gasteiger partial charge on any atom is -0.490 e. The molecule has 0 unspecified atom stereocenters. The molecule has 19 heavy (non-hydrogen) atoms. The van der Waals surface area contributed by atoms with Gasteiger partial charge in [-0.2, -0.15) is 0 Å². The molecule has 1 saturated heterocycles. The maximum absolute atomic E-state index is 5.95. The Morgan fingerprint density at radius 2 is 2.26 bits per heavy atom. The zero-order valence-electron chi connectivity index (χ0n) is 12.0. The molecule has 0 radical (unpaired) electrons. The summed E-state index contributed by atoms with van der Waals surface area (Å²) < 4.78 is 11.6. The number of ether oxygens (including phenoxy) is 2. The molecule has 1 aromatic rings. The van der Waals surface area contributed by atoms with Gasteiger partial charge in [-0.05, 0) is 32.3 Å². The van der Waals surface area contributed by atoms with Gasteiger partial charge < -0.3 is 14.8 Å². The summed E-state index contributed by atoms with van der Waals surface area (Å²) in [5.74, 6) is 0.997. The van der Waals surface area contributed by atoms with Crippen molar-refractivity contribution < 1.29 is 9.47 Å². The molecule has 106 valence electrons. The summed E-state index contributed by atoms with van der Waals surface area (Å²) in [4.78, 5) is 0. The molecular weight excluding hydrogens is 238 g/mol. The van der Waals surface area contributed by atoms with Gasteiger partial charge in [-0.1, -0.05) is 25.1 Å². The van der Waals surface area contributed by atoms with Gasteiger partial charge >= 0.3 is 0 Å². The molecule has 1 heterocycles. The van der Waals surface area contributed by atoms with Gasteiger partial charge in [0, 0.05) is 25.3 Å². The van der Waals surface area contributed by atoms with Crippen LogP contribution in [0, 0.1) is 0 Å². The lowest BCUT2D eigenvalue weighted by atomic mass is 10.2. The Labute approximate surface area is 116 Å². The smallest absolute Gasteiger partial charge is 0.124 e. The monoisotopic (exact) mass is 263 g/mol. The van der Waals surface area contributed by atoms with E-state index in [0.717, 1.165) is 31.9 Å². The first-order chi connectivity index (χ1) is 9.29. The molecule has 0 spiro atoms. The van der Waals surface area contributed by atoms with Crippen LogP contribution in [0.2, 0.25) is 0 Å². The third kappa shape index (κ3) is 4.51. The Kier molecular flexibility index (Phi) is 5.67. The lowest BCUT2D eigenvalue weighted by Crippen LogP contribution is -2.26. The molecule has 1 aliphatic heterocycles. The first kappa shape index (κ1) is 14.4. The van der Waals surface area contributed by atoms with E-state index in [1.54, 1.807) is 0 Å². The molecule has 1 aromatic carbocycles. The highest BCUT2D eigenvalue weighted by molar-refractivity contribution is 5.33. The maximum atomic E-state index is 5.95. The van der Waals surface area contributed by atoms with Crippen LogP contribution in [-0.4, -0.2) is 25.4 Å². The maximum Gasteiger partial charge on any atom is 0.124 e. The average Bonchev–Trinajstić information content (AvgIpc) is 2.94. The zero-order valence-corrected chi connectivity index (χ0v) is 12.0. The van der Waals surface area contributed by atoms with Crippen molar-refractivity contribution in [3.8, 4) is 5.75 Å². The Bertz CT molecular complexity index is 375. The van der Waals surface area contributed by atoms with Crippen LogP contribution < -0.4 is 10.1 Å². The topological polar surface area (TPSA) is 30.5 Å². The first-order valence-electron chi connectivity index (χ1n) is 7.36. The van der Waals surface area contributed by atoms with Crippen LogP contribution in [0.25, 0.3) is 0 Å². The van der Waals surface area contributed by atoms with Crippen molar-refractivity contribution in [2.24, 2.45) is 0 Å². The van der Waals surface area contributed by atoms with E-state index in [-0.39, 0.29) is 6.10 Å². The predicted octanol–water partition coefficient (Wildman–Crippen LogP) is 3.13. The summed E-state index contributed by atoms with van der Waals surface area (Å²) >= 11 is 0. The van der Waals surface area contributed by atoms with E-state index in [4.69, 9.17) is 9.47 Å². The minimum atomic E-state index is 0.263. The largest absolute Gasteiger partial charge is 0.490 e. The standard InChI is InChI=1S/C16H25NO2/c1-3-13(2)19-16-9-5-4-7-14(16)11-17-12-15-8-6-10-18-15/h4-5,7,9,13,15,17H,3,6,8,10-12H2,1-2H3/t13-,15-/m1/s1. The Hall–Kier alpha value is -1.06. The van der Waals surface area contributed by atoms with Crippen LogP contribution in [0.3, 0.4) is 0 Å². The van der Waals surface area contributed by atoms with E-state index in [1.807, 2.05) is 6.07 Å². The van der Waals surface area contributed by atoms with Crippen LogP contribution in [0.4, 0.5) is 0 Å². The van der Waals surface area contributed by atoms with Crippen LogP contribution in [0.5, 0.6) is 5.75 Å². The number of hydrogen-bond acceptors (Lipinski definition) is 3. The van der Waals surface area contributed by atoms with Crippen molar-refractivity contribution >= 4 is 0 Å². The van der Waals surface area contributed by atoms with E-state index >= 15 is 0 Å². The van der Waals surface area contributed by atoms with Gasteiger partial charge in [0.2, 0.25) is 0 Å². The fourth-order valence-corrected chi connectivity index (χ4v) is 2.24. The van der Waals surface area contributed by atoms with Crippen molar-refractivity contribution in [3.63, 3.8) is 0 Å². The molecule has 0 aliphatic carbocycles. The van der Waals surface area contributed by atoms with Crippen molar-refractivity contribution in [1.82, 2.24) is 5.32 Å². The van der Waals surface area contributed by atoms with Gasteiger partial charge in [0.15, 0.2) is 0 Å². The Morgan fingerprint density at radius 1 is 1.42 bits per heavy atom. The molecular formula is C16H25NO2. The minimum absolute atomic E-state index is 0.263. The molecule has 0 bridgehead atoms. The second kappa shape index (κ2) is 7.51. The number of para-hydroxylation sites is 1. The molecule has 1 N–H and O–H groups in total. The normalized spacial score (nSPS) is 20.4. The highest BCUT2D eigenvalue weighted by Crippen LogP contribution is 2.20. The van der Waals surface area contributed by atoms with Crippen LogP contribution in [0.15, 0.2) is 24.3 Å². The second-order valence-electron chi connectivity index (χ2n) is 5.21. The molecule has 2 rings (SSSR count). The molecule has 3 heteroatoms. The highest BCUT2D eigenvalue weighted by Gasteiger charge is 2.15. The number of rotatable bonds is 7. The molecule has 0 aromatic heterocycles. The molecule has 1 fully saturated rings. The van der Waals surface area contributed by atoms with E-state index in [2.05, 4.69) is 37.4 Å². The SMILES string of the molecule is CC[C@@H](C)Oc1ccccc1CNC[C@H]1CCCO1. The third-order valence-electron chi connectivity index (χ3n) is 3.59. The fourth-order valence-electron chi connectivity index (χ4n) is 2.24. The van der Waals surface area contributed by atoms with Gasteiger partial charge in [0.1, 0.15) is 5.75 Å². The van der Waals surface area contributed by atoms with Gasteiger partial charge in [0.05, 0.1) is 12.2 Å². The Balaban J connectivity index is 1.84. The van der Waals surface area contributed by atoms with Crippen molar-refractivity contribution in [2.75, 3.05) is 13.2 Å². The lowest BCUT2D eigenvalue weighted by Gasteiger charge is -2.17. The van der Waals surface area contributed by atoms with E-state index in [0.29, 0.717) is 6.10 Å². The van der Waals surface area contributed by atoms with E-state index in [1.165, 1.54) is 18.4 Å². The van der Waals surface area contributed by atoms with Gasteiger partial charge in [-0.15, -0.1) is 0 Å².